The SMILES string of the molecule is CCn1cnc2c(C3CNNC3)cn(-c3ccc(OC(F)(F)F)cc3)c(=O)c21. The summed E-state index contributed by atoms with van der Waals surface area (Å²) in [5.74, 6) is -0.226. The smallest absolute Gasteiger partial charge is 0.406 e. The Bertz CT molecular complexity index is 1050. The summed E-state index contributed by atoms with van der Waals surface area (Å²) < 4.78 is 44.3. The van der Waals surface area contributed by atoms with E-state index in [1.165, 1.54) is 28.8 Å². The molecule has 0 bridgehead atoms. The van der Waals surface area contributed by atoms with Crippen molar-refractivity contribution in [1.82, 2.24) is 25.0 Å². The van der Waals surface area contributed by atoms with Crippen molar-refractivity contribution in [2.75, 3.05) is 13.1 Å². The zero-order valence-electron chi connectivity index (χ0n) is 15.0. The molecule has 28 heavy (non-hydrogen) atoms. The van der Waals surface area contributed by atoms with Crippen molar-refractivity contribution in [2.45, 2.75) is 25.7 Å². The molecule has 1 aliphatic rings. The summed E-state index contributed by atoms with van der Waals surface area (Å²) in [6.45, 7) is 3.86. The first-order valence-electron chi connectivity index (χ1n) is 8.79. The minimum absolute atomic E-state index is 0.113. The number of nitrogens with one attached hydrogen (secondary N) is 2. The Labute approximate surface area is 157 Å². The van der Waals surface area contributed by atoms with Crippen LogP contribution in [-0.4, -0.2) is 33.6 Å². The summed E-state index contributed by atoms with van der Waals surface area (Å²) in [7, 11) is 0. The molecule has 10 heteroatoms. The molecule has 3 heterocycles. The Kier molecular flexibility index (Phi) is 4.60. The number of alkyl halides is 3. The van der Waals surface area contributed by atoms with E-state index in [0.29, 0.717) is 36.4 Å². The van der Waals surface area contributed by atoms with E-state index in [9.17, 15) is 18.0 Å². The zero-order chi connectivity index (χ0) is 19.9. The van der Waals surface area contributed by atoms with E-state index in [0.717, 1.165) is 5.56 Å². The number of aryl methyl sites for hydroxylation is 1. The maximum atomic E-state index is 13.1. The molecule has 4 rings (SSSR count). The lowest BCUT2D eigenvalue weighted by Crippen LogP contribution is -2.23. The Morgan fingerprint density at radius 2 is 1.89 bits per heavy atom. The minimum atomic E-state index is -4.76. The quantitative estimate of drug-likeness (QED) is 0.712. The number of aromatic nitrogens is 3. The first-order valence-corrected chi connectivity index (χ1v) is 8.79. The topological polar surface area (TPSA) is 73.1 Å². The first kappa shape index (κ1) is 18.5. The molecule has 7 nitrogen and oxygen atoms in total. The molecular formula is C18H18F3N5O2. The number of hydrogen-bond acceptors (Lipinski definition) is 5. The van der Waals surface area contributed by atoms with Crippen molar-refractivity contribution in [3.05, 3.63) is 52.7 Å². The van der Waals surface area contributed by atoms with Gasteiger partial charge in [0.05, 0.1) is 11.8 Å². The summed E-state index contributed by atoms with van der Waals surface area (Å²) >= 11 is 0. The number of hydrazine groups is 1. The molecule has 3 aromatic rings. The van der Waals surface area contributed by atoms with E-state index >= 15 is 0 Å². The van der Waals surface area contributed by atoms with Gasteiger partial charge in [0.1, 0.15) is 11.3 Å². The van der Waals surface area contributed by atoms with E-state index < -0.39 is 6.36 Å². The van der Waals surface area contributed by atoms with Gasteiger partial charge in [-0.15, -0.1) is 13.2 Å². The first-order chi connectivity index (χ1) is 13.4. The molecule has 148 valence electrons. The van der Waals surface area contributed by atoms with Crippen LogP contribution in [0.3, 0.4) is 0 Å². The molecule has 0 atom stereocenters. The number of halogens is 3. The monoisotopic (exact) mass is 393 g/mol. The molecular weight excluding hydrogens is 375 g/mol. The van der Waals surface area contributed by atoms with Crippen molar-refractivity contribution < 1.29 is 17.9 Å². The van der Waals surface area contributed by atoms with Crippen molar-refractivity contribution >= 4 is 11.0 Å². The molecule has 1 fully saturated rings. The largest absolute Gasteiger partial charge is 0.573 e. The second-order valence-electron chi connectivity index (χ2n) is 6.49. The van der Waals surface area contributed by atoms with Gasteiger partial charge >= 0.3 is 6.36 Å². The molecule has 0 unspecified atom stereocenters. The molecule has 0 aliphatic carbocycles. The van der Waals surface area contributed by atoms with Gasteiger partial charge in [0.25, 0.3) is 5.56 Å². The number of ether oxygens (including phenoxy) is 1. The lowest BCUT2D eigenvalue weighted by molar-refractivity contribution is -0.274. The highest BCUT2D eigenvalue weighted by molar-refractivity contribution is 5.79. The average molecular weight is 393 g/mol. The van der Waals surface area contributed by atoms with Crippen LogP contribution < -0.4 is 21.1 Å². The van der Waals surface area contributed by atoms with E-state index in [1.54, 1.807) is 17.1 Å². The third-order valence-electron chi connectivity index (χ3n) is 4.75. The number of benzene rings is 1. The zero-order valence-corrected chi connectivity index (χ0v) is 15.0. The van der Waals surface area contributed by atoms with Crippen molar-refractivity contribution in [1.29, 1.82) is 0 Å². The molecule has 2 aromatic heterocycles. The highest BCUT2D eigenvalue weighted by atomic mass is 19.4. The molecule has 0 spiro atoms. The van der Waals surface area contributed by atoms with Gasteiger partial charge in [0.2, 0.25) is 0 Å². The third kappa shape index (κ3) is 3.36. The summed E-state index contributed by atoms with van der Waals surface area (Å²) in [6.07, 6.45) is -1.41. The fraction of sp³-hybridized carbons (Fsp3) is 0.333. The van der Waals surface area contributed by atoms with Gasteiger partial charge in [-0.05, 0) is 31.2 Å². The molecule has 1 saturated heterocycles. The van der Waals surface area contributed by atoms with Crippen molar-refractivity contribution in [3.63, 3.8) is 0 Å². The van der Waals surface area contributed by atoms with Crippen molar-refractivity contribution in [3.8, 4) is 11.4 Å². The summed E-state index contributed by atoms with van der Waals surface area (Å²) in [4.78, 5) is 17.5. The van der Waals surface area contributed by atoms with Crippen LogP contribution in [0.1, 0.15) is 18.4 Å². The van der Waals surface area contributed by atoms with Gasteiger partial charge in [-0.1, -0.05) is 0 Å². The van der Waals surface area contributed by atoms with E-state index in [-0.39, 0.29) is 17.2 Å². The lowest BCUT2D eigenvalue weighted by atomic mass is 10.0. The summed E-state index contributed by atoms with van der Waals surface area (Å²) in [5, 5.41) is 0. The Morgan fingerprint density at radius 3 is 2.50 bits per heavy atom. The molecule has 1 aliphatic heterocycles. The van der Waals surface area contributed by atoms with E-state index in [2.05, 4.69) is 20.6 Å². The predicted octanol–water partition coefficient (Wildman–Crippen LogP) is 2.30. The molecule has 2 N–H and O–H groups in total. The number of pyridine rings is 1. The van der Waals surface area contributed by atoms with E-state index in [1.807, 2.05) is 6.92 Å². The standard InChI is InChI=1S/C18H18F3N5O2/c1-2-25-10-22-15-14(11-7-23-24-8-11)9-26(17(27)16(15)25)12-3-5-13(6-4-12)28-18(19,20)21/h3-6,9-11,23-24H,2,7-8H2,1H3. The van der Waals surface area contributed by atoms with Gasteiger partial charge < -0.3 is 9.30 Å². The van der Waals surface area contributed by atoms with Gasteiger partial charge in [-0.3, -0.25) is 20.2 Å². The molecule has 0 amide bonds. The number of rotatable bonds is 4. The highest BCUT2D eigenvalue weighted by Crippen LogP contribution is 2.26. The van der Waals surface area contributed by atoms with E-state index in [4.69, 9.17) is 0 Å². The maximum absolute atomic E-state index is 13.1. The van der Waals surface area contributed by atoms with Crippen LogP contribution in [0.25, 0.3) is 16.7 Å². The van der Waals surface area contributed by atoms with Crippen LogP contribution in [0.5, 0.6) is 5.75 Å². The molecule has 1 aromatic carbocycles. The predicted molar refractivity (Wildman–Crippen MR) is 96.4 cm³/mol. The van der Waals surface area contributed by atoms with Crippen molar-refractivity contribution in [2.24, 2.45) is 0 Å². The highest BCUT2D eigenvalue weighted by Gasteiger charge is 2.31. The minimum Gasteiger partial charge on any atom is -0.406 e. The lowest BCUT2D eigenvalue weighted by Gasteiger charge is -2.15. The van der Waals surface area contributed by atoms with Gasteiger partial charge in [-0.25, -0.2) is 4.98 Å². The fourth-order valence-electron chi connectivity index (χ4n) is 3.41. The van der Waals surface area contributed by atoms with Crippen LogP contribution in [0.2, 0.25) is 0 Å². The molecule has 0 radical (unpaired) electrons. The van der Waals surface area contributed by atoms with Gasteiger partial charge in [0.15, 0.2) is 0 Å². The Hall–Kier alpha value is -2.85. The molecule has 0 saturated carbocycles. The van der Waals surface area contributed by atoms with Crippen LogP contribution >= 0.6 is 0 Å². The number of imidazole rings is 1. The third-order valence-corrected chi connectivity index (χ3v) is 4.75. The second kappa shape index (κ2) is 6.95. The van der Waals surface area contributed by atoms with Gasteiger partial charge in [0, 0.05) is 43.0 Å². The average Bonchev–Trinajstić information content (AvgIpc) is 3.31. The number of fused-ring (bicyclic) bond motifs is 1. The summed E-state index contributed by atoms with van der Waals surface area (Å²) in [6, 6.07) is 5.23. The second-order valence-corrected chi connectivity index (χ2v) is 6.49. The maximum Gasteiger partial charge on any atom is 0.573 e. The Morgan fingerprint density at radius 1 is 1.21 bits per heavy atom. The number of nitrogens with zero attached hydrogens (tertiary/aromatic N) is 3. The summed E-state index contributed by atoms with van der Waals surface area (Å²) in [5.41, 5.74) is 8.32. The normalized spacial score (nSPS) is 15.4. The van der Waals surface area contributed by atoms with Crippen LogP contribution in [0.4, 0.5) is 13.2 Å². The Balaban J connectivity index is 1.84. The number of hydrogen-bond donors (Lipinski definition) is 2. The van der Waals surface area contributed by atoms with Crippen LogP contribution in [0.15, 0.2) is 41.6 Å². The van der Waals surface area contributed by atoms with Crippen LogP contribution in [-0.2, 0) is 6.54 Å². The van der Waals surface area contributed by atoms with Gasteiger partial charge in [-0.2, -0.15) is 0 Å². The fourth-order valence-corrected chi connectivity index (χ4v) is 3.41. The van der Waals surface area contributed by atoms with Crippen LogP contribution in [0, 0.1) is 0 Å².